The molecule has 90 valence electrons. The van der Waals surface area contributed by atoms with Crippen LogP contribution in [-0.4, -0.2) is 33.8 Å². The van der Waals surface area contributed by atoms with E-state index in [4.69, 9.17) is 5.73 Å². The normalized spacial score (nSPS) is 26.8. The average molecular weight is 222 g/mol. The molecule has 16 heavy (non-hydrogen) atoms. The second-order valence-electron chi connectivity index (χ2n) is 4.94. The van der Waals surface area contributed by atoms with Crippen LogP contribution in [0.4, 0.5) is 0 Å². The van der Waals surface area contributed by atoms with Crippen molar-refractivity contribution in [3.8, 4) is 0 Å². The fourth-order valence-corrected chi connectivity index (χ4v) is 2.79. The van der Waals surface area contributed by atoms with Crippen molar-refractivity contribution in [2.45, 2.75) is 32.4 Å². The third kappa shape index (κ3) is 1.87. The highest BCUT2D eigenvalue weighted by Gasteiger charge is 2.37. The van der Waals surface area contributed by atoms with Crippen LogP contribution in [0.25, 0.3) is 0 Å². The largest absolute Gasteiger partial charge is 0.330 e. The molecule has 1 saturated heterocycles. The minimum atomic E-state index is 0.442. The lowest BCUT2D eigenvalue weighted by Crippen LogP contribution is -2.34. The summed E-state index contributed by atoms with van der Waals surface area (Å²) < 4.78 is 1.98. The monoisotopic (exact) mass is 222 g/mol. The summed E-state index contributed by atoms with van der Waals surface area (Å²) in [5, 5.41) is 4.27. The molecule has 1 fully saturated rings. The van der Waals surface area contributed by atoms with Crippen molar-refractivity contribution in [3.63, 3.8) is 0 Å². The van der Waals surface area contributed by atoms with E-state index in [0.717, 1.165) is 13.1 Å². The van der Waals surface area contributed by atoms with Crippen LogP contribution in [0.3, 0.4) is 0 Å². The SMILES string of the molecule is CC(C)N1CCC(CN)C1c1ccnn1C. The van der Waals surface area contributed by atoms with Gasteiger partial charge in [-0.2, -0.15) is 5.10 Å². The summed E-state index contributed by atoms with van der Waals surface area (Å²) in [6.45, 7) is 6.42. The first-order valence-electron chi connectivity index (χ1n) is 6.09. The van der Waals surface area contributed by atoms with Gasteiger partial charge in [0.2, 0.25) is 0 Å². The summed E-state index contributed by atoms with van der Waals surface area (Å²) in [6.07, 6.45) is 3.07. The molecule has 0 amide bonds. The zero-order valence-corrected chi connectivity index (χ0v) is 10.4. The van der Waals surface area contributed by atoms with E-state index < -0.39 is 0 Å². The molecule has 2 atom stereocenters. The van der Waals surface area contributed by atoms with E-state index in [9.17, 15) is 0 Å². The molecule has 4 heteroatoms. The van der Waals surface area contributed by atoms with Gasteiger partial charge in [0.1, 0.15) is 0 Å². The van der Waals surface area contributed by atoms with E-state index in [0.29, 0.717) is 18.0 Å². The first-order chi connectivity index (χ1) is 7.65. The third-order valence-corrected chi connectivity index (χ3v) is 3.69. The number of aromatic nitrogens is 2. The fraction of sp³-hybridized carbons (Fsp3) is 0.750. The van der Waals surface area contributed by atoms with E-state index >= 15 is 0 Å². The molecule has 2 heterocycles. The van der Waals surface area contributed by atoms with Crippen molar-refractivity contribution in [1.29, 1.82) is 0 Å². The van der Waals surface area contributed by atoms with Crippen LogP contribution in [0.5, 0.6) is 0 Å². The molecule has 1 aromatic heterocycles. The Morgan fingerprint density at radius 3 is 2.81 bits per heavy atom. The Kier molecular flexibility index (Phi) is 3.30. The highest BCUT2D eigenvalue weighted by molar-refractivity contribution is 5.11. The van der Waals surface area contributed by atoms with E-state index in [1.165, 1.54) is 12.1 Å². The lowest BCUT2D eigenvalue weighted by molar-refractivity contribution is 0.177. The maximum absolute atomic E-state index is 5.89. The van der Waals surface area contributed by atoms with Gasteiger partial charge in [0.15, 0.2) is 0 Å². The van der Waals surface area contributed by atoms with E-state index in [1.54, 1.807) is 0 Å². The molecular formula is C12H22N4. The molecule has 0 saturated carbocycles. The summed E-state index contributed by atoms with van der Waals surface area (Å²) in [7, 11) is 2.01. The Morgan fingerprint density at radius 1 is 1.56 bits per heavy atom. The van der Waals surface area contributed by atoms with E-state index in [-0.39, 0.29) is 0 Å². The summed E-state index contributed by atoms with van der Waals surface area (Å²) in [5.74, 6) is 0.567. The topological polar surface area (TPSA) is 47.1 Å². The molecule has 2 unspecified atom stereocenters. The van der Waals surface area contributed by atoms with Gasteiger partial charge in [-0.15, -0.1) is 0 Å². The summed E-state index contributed by atoms with van der Waals surface area (Å²) in [6, 6.07) is 3.13. The zero-order chi connectivity index (χ0) is 11.7. The zero-order valence-electron chi connectivity index (χ0n) is 10.4. The Labute approximate surface area is 97.4 Å². The van der Waals surface area contributed by atoms with Gasteiger partial charge in [-0.1, -0.05) is 0 Å². The molecule has 2 rings (SSSR count). The predicted molar refractivity (Wildman–Crippen MR) is 65.0 cm³/mol. The van der Waals surface area contributed by atoms with Crippen molar-refractivity contribution in [2.24, 2.45) is 18.7 Å². The molecular weight excluding hydrogens is 200 g/mol. The molecule has 4 nitrogen and oxygen atoms in total. The Bertz CT molecular complexity index is 345. The van der Waals surface area contributed by atoms with Gasteiger partial charge in [0, 0.05) is 19.3 Å². The van der Waals surface area contributed by atoms with Crippen LogP contribution >= 0.6 is 0 Å². The molecule has 0 bridgehead atoms. The van der Waals surface area contributed by atoms with Crippen LogP contribution < -0.4 is 5.73 Å². The quantitative estimate of drug-likeness (QED) is 0.834. The maximum atomic E-state index is 5.89. The number of aryl methyl sites for hydroxylation is 1. The van der Waals surface area contributed by atoms with Gasteiger partial charge in [0.05, 0.1) is 11.7 Å². The third-order valence-electron chi connectivity index (χ3n) is 3.69. The van der Waals surface area contributed by atoms with Crippen molar-refractivity contribution < 1.29 is 0 Å². The Morgan fingerprint density at radius 2 is 2.31 bits per heavy atom. The lowest BCUT2D eigenvalue weighted by Gasteiger charge is -2.31. The number of nitrogens with zero attached hydrogens (tertiary/aromatic N) is 3. The van der Waals surface area contributed by atoms with Crippen LogP contribution in [0.2, 0.25) is 0 Å². The van der Waals surface area contributed by atoms with Crippen molar-refractivity contribution >= 4 is 0 Å². The number of nitrogens with two attached hydrogens (primary N) is 1. The Hall–Kier alpha value is -0.870. The van der Waals surface area contributed by atoms with Crippen molar-refractivity contribution in [3.05, 3.63) is 18.0 Å². The number of likely N-dealkylation sites (tertiary alicyclic amines) is 1. The van der Waals surface area contributed by atoms with Gasteiger partial charge < -0.3 is 5.73 Å². The van der Waals surface area contributed by atoms with Gasteiger partial charge in [-0.3, -0.25) is 9.58 Å². The van der Waals surface area contributed by atoms with E-state index in [1.807, 2.05) is 17.9 Å². The first-order valence-corrected chi connectivity index (χ1v) is 6.09. The molecule has 1 aliphatic rings. The molecule has 1 aliphatic heterocycles. The molecule has 2 N–H and O–H groups in total. The van der Waals surface area contributed by atoms with Gasteiger partial charge >= 0.3 is 0 Å². The highest BCUT2D eigenvalue weighted by atomic mass is 15.3. The first kappa shape index (κ1) is 11.6. The minimum absolute atomic E-state index is 0.442. The van der Waals surface area contributed by atoms with Crippen LogP contribution in [-0.2, 0) is 7.05 Å². The maximum Gasteiger partial charge on any atom is 0.0560 e. The van der Waals surface area contributed by atoms with Gasteiger partial charge in [-0.25, -0.2) is 0 Å². The number of rotatable bonds is 3. The van der Waals surface area contributed by atoms with Crippen molar-refractivity contribution in [2.75, 3.05) is 13.1 Å². The second kappa shape index (κ2) is 4.55. The molecule has 0 spiro atoms. The smallest absolute Gasteiger partial charge is 0.0560 e. The fourth-order valence-electron chi connectivity index (χ4n) is 2.79. The van der Waals surface area contributed by atoms with Gasteiger partial charge in [0.25, 0.3) is 0 Å². The minimum Gasteiger partial charge on any atom is -0.330 e. The molecule has 1 aromatic rings. The highest BCUT2D eigenvalue weighted by Crippen LogP contribution is 2.37. The average Bonchev–Trinajstić information content (AvgIpc) is 2.82. The van der Waals surface area contributed by atoms with Crippen LogP contribution in [0.1, 0.15) is 32.0 Å². The number of hydrogen-bond donors (Lipinski definition) is 1. The second-order valence-corrected chi connectivity index (χ2v) is 4.94. The van der Waals surface area contributed by atoms with E-state index in [2.05, 4.69) is 29.9 Å². The molecule has 0 aromatic carbocycles. The lowest BCUT2D eigenvalue weighted by atomic mass is 9.97. The van der Waals surface area contributed by atoms with Crippen molar-refractivity contribution in [1.82, 2.24) is 14.7 Å². The summed E-state index contributed by atoms with van der Waals surface area (Å²) in [5.41, 5.74) is 7.18. The molecule has 0 aliphatic carbocycles. The van der Waals surface area contributed by atoms with Crippen LogP contribution in [0, 0.1) is 5.92 Å². The molecule has 0 radical (unpaired) electrons. The number of hydrogen-bond acceptors (Lipinski definition) is 3. The standard InChI is InChI=1S/C12H22N4/c1-9(2)16-7-5-10(8-13)12(16)11-4-6-14-15(11)3/h4,6,9-10,12H,5,7-8,13H2,1-3H3. The summed E-state index contributed by atoms with van der Waals surface area (Å²) in [4.78, 5) is 2.54. The van der Waals surface area contributed by atoms with Gasteiger partial charge in [-0.05, 0) is 45.3 Å². The summed E-state index contributed by atoms with van der Waals surface area (Å²) >= 11 is 0. The predicted octanol–water partition coefficient (Wildman–Crippen LogP) is 1.15. The Balaban J connectivity index is 2.30. The van der Waals surface area contributed by atoms with Crippen LogP contribution in [0.15, 0.2) is 12.3 Å².